The SMILES string of the molecule is CCc1cc2cccc(C(C)C)c2nc1Cl. The first-order valence-corrected chi connectivity index (χ1v) is 6.09. The normalized spacial score (nSPS) is 11.3. The molecule has 2 rings (SSSR count). The number of fused-ring (bicyclic) bond motifs is 1. The number of halogens is 1. The molecule has 0 aliphatic rings. The molecule has 0 atom stereocenters. The summed E-state index contributed by atoms with van der Waals surface area (Å²) in [5.74, 6) is 0.472. The van der Waals surface area contributed by atoms with Crippen molar-refractivity contribution in [1.29, 1.82) is 0 Å². The van der Waals surface area contributed by atoms with Gasteiger partial charge in [-0.2, -0.15) is 0 Å². The number of aryl methyl sites for hydroxylation is 1. The lowest BCUT2D eigenvalue weighted by molar-refractivity contribution is 0.872. The van der Waals surface area contributed by atoms with Crippen LogP contribution in [0.1, 0.15) is 37.8 Å². The molecule has 0 fully saturated rings. The number of benzene rings is 1. The molecule has 0 radical (unpaired) electrons. The molecular weight excluding hydrogens is 218 g/mol. The molecule has 0 amide bonds. The predicted octanol–water partition coefficient (Wildman–Crippen LogP) is 4.57. The third kappa shape index (κ3) is 1.92. The van der Waals surface area contributed by atoms with E-state index in [1.165, 1.54) is 10.9 Å². The summed E-state index contributed by atoms with van der Waals surface area (Å²) in [7, 11) is 0. The Hall–Kier alpha value is -1.08. The number of rotatable bonds is 2. The van der Waals surface area contributed by atoms with E-state index in [4.69, 9.17) is 11.6 Å². The standard InChI is InChI=1S/C14H16ClN/c1-4-10-8-11-6-5-7-12(9(2)3)13(11)16-14(10)15/h5-9H,4H2,1-3H3. The summed E-state index contributed by atoms with van der Waals surface area (Å²) in [6.45, 7) is 6.46. The van der Waals surface area contributed by atoms with Crippen molar-refractivity contribution in [3.8, 4) is 0 Å². The zero-order chi connectivity index (χ0) is 11.7. The van der Waals surface area contributed by atoms with Gasteiger partial charge in [-0.25, -0.2) is 4.98 Å². The minimum absolute atomic E-state index is 0.472. The number of hydrogen-bond acceptors (Lipinski definition) is 1. The first kappa shape index (κ1) is 11.4. The maximum atomic E-state index is 6.17. The number of hydrogen-bond donors (Lipinski definition) is 0. The van der Waals surface area contributed by atoms with Crippen molar-refractivity contribution < 1.29 is 0 Å². The van der Waals surface area contributed by atoms with Crippen LogP contribution in [0.5, 0.6) is 0 Å². The molecule has 0 spiro atoms. The van der Waals surface area contributed by atoms with Crippen LogP contribution in [-0.2, 0) is 6.42 Å². The summed E-state index contributed by atoms with van der Waals surface area (Å²) in [6, 6.07) is 8.47. The second-order valence-electron chi connectivity index (χ2n) is 4.37. The van der Waals surface area contributed by atoms with E-state index in [9.17, 15) is 0 Å². The summed E-state index contributed by atoms with van der Waals surface area (Å²) in [6.07, 6.45) is 0.924. The van der Waals surface area contributed by atoms with Gasteiger partial charge in [-0.05, 0) is 29.5 Å². The van der Waals surface area contributed by atoms with Crippen LogP contribution in [0.15, 0.2) is 24.3 Å². The molecule has 1 heterocycles. The summed E-state index contributed by atoms with van der Waals surface area (Å²) in [4.78, 5) is 4.53. The van der Waals surface area contributed by atoms with Gasteiger partial charge in [0, 0.05) is 5.39 Å². The topological polar surface area (TPSA) is 12.9 Å². The Morgan fingerprint density at radius 1 is 1.31 bits per heavy atom. The van der Waals surface area contributed by atoms with Crippen LogP contribution < -0.4 is 0 Å². The van der Waals surface area contributed by atoms with Gasteiger partial charge in [-0.1, -0.05) is 50.6 Å². The fraction of sp³-hybridized carbons (Fsp3) is 0.357. The van der Waals surface area contributed by atoms with Crippen molar-refractivity contribution in [3.05, 3.63) is 40.5 Å². The van der Waals surface area contributed by atoms with Gasteiger partial charge in [0.2, 0.25) is 0 Å². The molecule has 1 aromatic heterocycles. The average molecular weight is 234 g/mol. The maximum Gasteiger partial charge on any atom is 0.132 e. The highest BCUT2D eigenvalue weighted by Gasteiger charge is 2.09. The van der Waals surface area contributed by atoms with E-state index in [1.807, 2.05) is 0 Å². The fourth-order valence-electron chi connectivity index (χ4n) is 1.96. The smallest absolute Gasteiger partial charge is 0.132 e. The monoisotopic (exact) mass is 233 g/mol. The van der Waals surface area contributed by atoms with Gasteiger partial charge < -0.3 is 0 Å². The number of pyridine rings is 1. The Morgan fingerprint density at radius 2 is 2.06 bits per heavy atom. The molecule has 1 aromatic carbocycles. The van der Waals surface area contributed by atoms with Crippen LogP contribution >= 0.6 is 11.6 Å². The number of para-hydroxylation sites is 1. The molecule has 1 nitrogen and oxygen atoms in total. The second-order valence-corrected chi connectivity index (χ2v) is 4.72. The largest absolute Gasteiger partial charge is 0.236 e. The van der Waals surface area contributed by atoms with Crippen molar-refractivity contribution >= 4 is 22.5 Å². The van der Waals surface area contributed by atoms with E-state index < -0.39 is 0 Å². The molecule has 0 bridgehead atoms. The molecule has 0 saturated carbocycles. The van der Waals surface area contributed by atoms with E-state index in [1.54, 1.807) is 0 Å². The van der Waals surface area contributed by atoms with E-state index in [0.29, 0.717) is 11.1 Å². The highest BCUT2D eigenvalue weighted by molar-refractivity contribution is 6.30. The highest BCUT2D eigenvalue weighted by Crippen LogP contribution is 2.27. The third-order valence-corrected chi connectivity index (χ3v) is 3.23. The van der Waals surface area contributed by atoms with Crippen LogP contribution in [0.2, 0.25) is 5.15 Å². The van der Waals surface area contributed by atoms with Crippen LogP contribution in [0.25, 0.3) is 10.9 Å². The van der Waals surface area contributed by atoms with Crippen LogP contribution in [0, 0.1) is 0 Å². The second kappa shape index (κ2) is 4.42. The third-order valence-electron chi connectivity index (χ3n) is 2.91. The van der Waals surface area contributed by atoms with Gasteiger partial charge in [0.15, 0.2) is 0 Å². The number of aromatic nitrogens is 1. The molecular formula is C14H16ClN. The van der Waals surface area contributed by atoms with Crippen molar-refractivity contribution in [3.63, 3.8) is 0 Å². The minimum Gasteiger partial charge on any atom is -0.236 e. The van der Waals surface area contributed by atoms with Crippen LogP contribution in [-0.4, -0.2) is 4.98 Å². The van der Waals surface area contributed by atoms with Crippen molar-refractivity contribution in [2.24, 2.45) is 0 Å². The Morgan fingerprint density at radius 3 is 2.69 bits per heavy atom. The Bertz CT molecular complexity index is 517. The lowest BCUT2D eigenvalue weighted by Crippen LogP contribution is -1.94. The maximum absolute atomic E-state index is 6.17. The molecule has 84 valence electrons. The van der Waals surface area contributed by atoms with E-state index in [0.717, 1.165) is 17.5 Å². The molecule has 0 aliphatic heterocycles. The zero-order valence-electron chi connectivity index (χ0n) is 9.92. The van der Waals surface area contributed by atoms with Gasteiger partial charge in [0.1, 0.15) is 5.15 Å². The van der Waals surface area contributed by atoms with Crippen molar-refractivity contribution in [2.75, 3.05) is 0 Å². The quantitative estimate of drug-likeness (QED) is 0.693. The van der Waals surface area contributed by atoms with E-state index >= 15 is 0 Å². The fourth-order valence-corrected chi connectivity index (χ4v) is 2.23. The van der Waals surface area contributed by atoms with Crippen LogP contribution in [0.4, 0.5) is 0 Å². The summed E-state index contributed by atoms with van der Waals surface area (Å²) in [5, 5.41) is 1.83. The van der Waals surface area contributed by atoms with E-state index in [2.05, 4.69) is 50.0 Å². The molecule has 0 unspecified atom stereocenters. The summed E-state index contributed by atoms with van der Waals surface area (Å²) in [5.41, 5.74) is 3.43. The molecule has 0 saturated heterocycles. The molecule has 16 heavy (non-hydrogen) atoms. The summed E-state index contributed by atoms with van der Waals surface area (Å²) >= 11 is 6.17. The van der Waals surface area contributed by atoms with Gasteiger partial charge in [-0.3, -0.25) is 0 Å². The molecule has 2 heteroatoms. The van der Waals surface area contributed by atoms with Crippen molar-refractivity contribution in [2.45, 2.75) is 33.1 Å². The highest BCUT2D eigenvalue weighted by atomic mass is 35.5. The minimum atomic E-state index is 0.472. The van der Waals surface area contributed by atoms with Crippen LogP contribution in [0.3, 0.4) is 0 Å². The lowest BCUT2D eigenvalue weighted by atomic mass is 9.99. The first-order chi connectivity index (χ1) is 7.63. The Kier molecular flexibility index (Phi) is 3.15. The van der Waals surface area contributed by atoms with Gasteiger partial charge in [0.25, 0.3) is 0 Å². The average Bonchev–Trinajstić information content (AvgIpc) is 2.27. The first-order valence-electron chi connectivity index (χ1n) is 5.71. The Balaban J connectivity index is 2.74. The Labute approximate surface area is 101 Å². The molecule has 0 N–H and O–H groups in total. The molecule has 2 aromatic rings. The molecule has 0 aliphatic carbocycles. The van der Waals surface area contributed by atoms with Gasteiger partial charge in [0.05, 0.1) is 5.52 Å². The van der Waals surface area contributed by atoms with Gasteiger partial charge in [-0.15, -0.1) is 0 Å². The number of nitrogens with zero attached hydrogens (tertiary/aromatic N) is 1. The zero-order valence-corrected chi connectivity index (χ0v) is 10.7. The van der Waals surface area contributed by atoms with E-state index in [-0.39, 0.29) is 0 Å². The van der Waals surface area contributed by atoms with Gasteiger partial charge >= 0.3 is 0 Å². The summed E-state index contributed by atoms with van der Waals surface area (Å²) < 4.78 is 0. The lowest BCUT2D eigenvalue weighted by Gasteiger charge is -2.10. The van der Waals surface area contributed by atoms with Crippen molar-refractivity contribution in [1.82, 2.24) is 4.98 Å². The predicted molar refractivity (Wildman–Crippen MR) is 70.2 cm³/mol.